The number of aliphatic hydroxyl groups is 1. The largest absolute Gasteiger partial charge is 0.458 e. The molecular formula is C43H59NO10. The summed E-state index contributed by atoms with van der Waals surface area (Å²) in [5.74, 6) is -5.00. The Hall–Kier alpha value is -3.74. The molecule has 1 N–H and O–H groups in total. The molecule has 0 bridgehead atoms. The topological polar surface area (TPSA) is 138 Å². The van der Waals surface area contributed by atoms with Crippen LogP contribution in [-0.4, -0.2) is 103 Å². The number of Topliss-reactive ketones (excluding diaryl/α,β-unsaturated/α-hetero) is 2. The molecule has 2 aromatic carbocycles. The Morgan fingerprint density at radius 1 is 0.981 bits per heavy atom. The van der Waals surface area contributed by atoms with Crippen LogP contribution in [0, 0.1) is 17.8 Å². The average molecular weight is 750 g/mol. The lowest BCUT2D eigenvalue weighted by atomic mass is 9.76. The molecule has 1 fully saturated rings. The molecule has 0 aliphatic carbocycles. The molecule has 11 heteroatoms. The second kappa shape index (κ2) is 18.3. The highest BCUT2D eigenvalue weighted by Gasteiger charge is 2.51. The van der Waals surface area contributed by atoms with E-state index in [1.807, 2.05) is 56.3 Å². The van der Waals surface area contributed by atoms with Gasteiger partial charge in [-0.15, -0.1) is 0 Å². The van der Waals surface area contributed by atoms with Crippen LogP contribution in [0.4, 0.5) is 0 Å². The monoisotopic (exact) mass is 749 g/mol. The highest BCUT2D eigenvalue weighted by Crippen LogP contribution is 2.38. The molecule has 0 radical (unpaired) electrons. The maximum atomic E-state index is 14.4. The number of carbonyl (C=O) groups excluding carboxylic acids is 4. The highest BCUT2D eigenvalue weighted by atomic mass is 16.7. The molecular weight excluding hydrogens is 690 g/mol. The predicted molar refractivity (Wildman–Crippen MR) is 204 cm³/mol. The normalized spacial score (nSPS) is 35.4. The maximum Gasteiger partial charge on any atom is 0.338 e. The summed E-state index contributed by atoms with van der Waals surface area (Å²) in [6.07, 6.45) is -2.08. The van der Waals surface area contributed by atoms with E-state index in [2.05, 4.69) is 0 Å². The number of ether oxygens (including phenoxy) is 5. The van der Waals surface area contributed by atoms with Crippen LogP contribution in [0.3, 0.4) is 0 Å². The smallest absolute Gasteiger partial charge is 0.338 e. The van der Waals surface area contributed by atoms with Crippen molar-refractivity contribution in [1.82, 2.24) is 4.90 Å². The Bertz CT molecular complexity index is 1630. The van der Waals surface area contributed by atoms with Crippen molar-refractivity contribution in [2.75, 3.05) is 21.2 Å². The summed E-state index contributed by atoms with van der Waals surface area (Å²) in [5, 5.41) is 12.2. The molecule has 11 nitrogen and oxygen atoms in total. The third kappa shape index (κ3) is 9.92. The van der Waals surface area contributed by atoms with Gasteiger partial charge in [-0.25, -0.2) is 4.79 Å². The van der Waals surface area contributed by atoms with Crippen molar-refractivity contribution in [3.05, 3.63) is 83.4 Å². The van der Waals surface area contributed by atoms with Crippen molar-refractivity contribution >= 4 is 23.5 Å². The summed E-state index contributed by atoms with van der Waals surface area (Å²) in [6, 6.07) is 17.6. The zero-order valence-electron chi connectivity index (χ0n) is 33.4. The number of allylic oxidation sites excluding steroid dienone is 1. The predicted octanol–water partition coefficient (Wildman–Crippen LogP) is 5.76. The first kappa shape index (κ1) is 43.0. The Labute approximate surface area is 320 Å². The number of ketones is 2. The van der Waals surface area contributed by atoms with Crippen LogP contribution in [0.1, 0.15) is 83.7 Å². The number of cyclic esters (lactones) is 1. The number of hydrogen-bond acceptors (Lipinski definition) is 11. The zero-order valence-corrected chi connectivity index (χ0v) is 33.4. The Morgan fingerprint density at radius 3 is 2.17 bits per heavy atom. The van der Waals surface area contributed by atoms with Crippen molar-refractivity contribution < 1.29 is 48.0 Å². The Morgan fingerprint density at radius 2 is 1.59 bits per heavy atom. The molecule has 11 atom stereocenters. The van der Waals surface area contributed by atoms with Crippen molar-refractivity contribution in [2.24, 2.45) is 17.8 Å². The lowest BCUT2D eigenvalue weighted by Crippen LogP contribution is -2.60. The van der Waals surface area contributed by atoms with Gasteiger partial charge in [-0.2, -0.15) is 0 Å². The number of esters is 2. The molecule has 0 amide bonds. The van der Waals surface area contributed by atoms with Gasteiger partial charge in [0.25, 0.3) is 0 Å². The fourth-order valence-corrected chi connectivity index (χ4v) is 7.94. The highest BCUT2D eigenvalue weighted by molar-refractivity contribution is 6.00. The molecule has 0 aromatic heterocycles. The van der Waals surface area contributed by atoms with Crippen LogP contribution in [0.25, 0.3) is 0 Å². The van der Waals surface area contributed by atoms with Gasteiger partial charge in [0.15, 0.2) is 24.0 Å². The molecule has 54 heavy (non-hydrogen) atoms. The van der Waals surface area contributed by atoms with E-state index < -0.39 is 71.3 Å². The minimum Gasteiger partial charge on any atom is -0.458 e. The van der Waals surface area contributed by atoms with Gasteiger partial charge in [0, 0.05) is 25.4 Å². The Balaban J connectivity index is 1.79. The molecule has 2 heterocycles. The number of methoxy groups -OCH3 is 1. The van der Waals surface area contributed by atoms with E-state index >= 15 is 0 Å². The van der Waals surface area contributed by atoms with Gasteiger partial charge >= 0.3 is 11.9 Å². The van der Waals surface area contributed by atoms with E-state index in [0.717, 1.165) is 5.56 Å². The number of nitrogens with zero attached hydrogens (tertiary/aromatic N) is 1. The van der Waals surface area contributed by atoms with Crippen molar-refractivity contribution in [3.63, 3.8) is 0 Å². The number of benzene rings is 2. The van der Waals surface area contributed by atoms with E-state index in [4.69, 9.17) is 23.7 Å². The van der Waals surface area contributed by atoms with Gasteiger partial charge < -0.3 is 33.7 Å². The van der Waals surface area contributed by atoms with Crippen LogP contribution in [-0.2, 0) is 44.5 Å². The number of hydrogen-bond donors (Lipinski definition) is 1. The van der Waals surface area contributed by atoms with Crippen molar-refractivity contribution in [3.8, 4) is 0 Å². The summed E-state index contributed by atoms with van der Waals surface area (Å²) >= 11 is 0. The van der Waals surface area contributed by atoms with Crippen molar-refractivity contribution in [1.29, 1.82) is 0 Å². The fourth-order valence-electron chi connectivity index (χ4n) is 7.94. The number of carbonyl (C=O) groups is 4. The summed E-state index contributed by atoms with van der Waals surface area (Å²) in [6.45, 7) is 12.0. The SMILES string of the molecule is CCC1OC(=O)C(C)C(=O)C(C)[C@@H](OC2OC(C)CC(N(C)C)[C@H]2OC(=O)c2ccccc2)[C@@](C)(OC)C[C@@H](C)C(=O)/C(C)=C/[C@@]1(O)Cc1ccccc1. The van der Waals surface area contributed by atoms with Crippen LogP contribution in [0.5, 0.6) is 0 Å². The molecule has 0 saturated carbocycles. The van der Waals surface area contributed by atoms with Gasteiger partial charge in [0.1, 0.15) is 17.6 Å². The molecule has 1 saturated heterocycles. The average Bonchev–Trinajstić information content (AvgIpc) is 3.15. The fraction of sp³-hybridized carbons (Fsp3) is 0.581. The summed E-state index contributed by atoms with van der Waals surface area (Å²) in [7, 11) is 5.26. The first-order chi connectivity index (χ1) is 25.4. The molecule has 6 unspecified atom stereocenters. The quantitative estimate of drug-likeness (QED) is 0.248. The third-order valence-electron chi connectivity index (χ3n) is 11.1. The summed E-state index contributed by atoms with van der Waals surface area (Å²) in [4.78, 5) is 57.8. The van der Waals surface area contributed by atoms with E-state index in [-0.39, 0.29) is 37.2 Å². The molecule has 4 rings (SSSR count). The molecule has 296 valence electrons. The molecule has 2 aromatic rings. The lowest BCUT2D eigenvalue weighted by molar-refractivity contribution is -0.294. The second-order valence-corrected chi connectivity index (χ2v) is 15.6. The lowest BCUT2D eigenvalue weighted by Gasteiger charge is -2.47. The van der Waals surface area contributed by atoms with Gasteiger partial charge in [-0.3, -0.25) is 14.4 Å². The summed E-state index contributed by atoms with van der Waals surface area (Å²) < 4.78 is 31.5. The van der Waals surface area contributed by atoms with Gasteiger partial charge in [0.05, 0.1) is 29.4 Å². The first-order valence-electron chi connectivity index (χ1n) is 19.0. The molecule has 2 aliphatic rings. The van der Waals surface area contributed by atoms with E-state index in [9.17, 15) is 24.3 Å². The second-order valence-electron chi connectivity index (χ2n) is 15.6. The van der Waals surface area contributed by atoms with Gasteiger partial charge in [0.2, 0.25) is 0 Å². The first-order valence-corrected chi connectivity index (χ1v) is 19.0. The van der Waals surface area contributed by atoms with Crippen LogP contribution >= 0.6 is 0 Å². The van der Waals surface area contributed by atoms with Crippen LogP contribution in [0.2, 0.25) is 0 Å². The van der Waals surface area contributed by atoms with E-state index in [1.165, 1.54) is 20.1 Å². The van der Waals surface area contributed by atoms with Crippen LogP contribution < -0.4 is 0 Å². The van der Waals surface area contributed by atoms with Crippen LogP contribution in [0.15, 0.2) is 72.3 Å². The van der Waals surface area contributed by atoms with Gasteiger partial charge in [-0.05, 0) is 90.4 Å². The minimum atomic E-state index is -1.75. The van der Waals surface area contributed by atoms with E-state index in [0.29, 0.717) is 17.6 Å². The van der Waals surface area contributed by atoms with Crippen molar-refractivity contribution in [2.45, 2.75) is 122 Å². The zero-order chi connectivity index (χ0) is 40.0. The number of rotatable bonds is 9. The molecule has 0 spiro atoms. The minimum absolute atomic E-state index is 0.0762. The van der Waals surface area contributed by atoms with Gasteiger partial charge in [-0.1, -0.05) is 69.3 Å². The molecule has 2 aliphatic heterocycles. The summed E-state index contributed by atoms with van der Waals surface area (Å²) in [5.41, 5.74) is -1.60. The third-order valence-corrected chi connectivity index (χ3v) is 11.1. The Kier molecular flexibility index (Phi) is 14.5. The van der Waals surface area contributed by atoms with E-state index in [1.54, 1.807) is 65.0 Å². The maximum absolute atomic E-state index is 14.4. The standard InChI is InChI=1S/C43H59NO10/c1-11-34-43(49,25-31-18-14-12-15-19-31)24-27(3)35(45)26(2)23-42(7,50-10)38(29(5)36(46)30(6)39(47)52-34)54-41-37(33(44(8)9)22-28(4)51-41)53-40(48)32-20-16-13-17-21-32/h12-21,24,26,28-30,33-34,37-38,41,49H,11,22-23,25H2,1-10H3/b27-24+/t26-,28?,29?,30?,33?,34?,37-,38-,41?,42+,43-/m1/s1. The number of likely N-dealkylation sites (N-methyl/N-ethyl adjacent to an activating group) is 1.